The number of methoxy groups -OCH3 is 1. The Kier molecular flexibility index (Phi) is 6.32. The number of amides is 1. The lowest BCUT2D eigenvalue weighted by Gasteiger charge is -2.45. The molecule has 2 aromatic carbocycles. The third-order valence-corrected chi connectivity index (χ3v) is 6.10. The molecule has 3 atom stereocenters. The first-order valence-electron chi connectivity index (χ1n) is 10.00. The van der Waals surface area contributed by atoms with Crippen LogP contribution in [0.3, 0.4) is 0 Å². The molecule has 0 radical (unpaired) electrons. The lowest BCUT2D eigenvalue weighted by atomic mass is 9.91. The molecule has 5 nitrogen and oxygen atoms in total. The Hall–Kier alpha value is -2.08. The van der Waals surface area contributed by atoms with E-state index in [9.17, 15) is 9.59 Å². The number of rotatable bonds is 6. The van der Waals surface area contributed by atoms with Crippen molar-refractivity contribution in [1.29, 1.82) is 0 Å². The van der Waals surface area contributed by atoms with Crippen LogP contribution in [0, 0.1) is 5.92 Å². The number of ether oxygens (including phenoxy) is 2. The van der Waals surface area contributed by atoms with E-state index in [1.807, 2.05) is 47.4 Å². The minimum absolute atomic E-state index is 0.124. The Morgan fingerprint density at radius 3 is 2.47 bits per heavy atom. The first-order chi connectivity index (χ1) is 14.5. The predicted octanol–water partition coefficient (Wildman–Crippen LogP) is 4.98. The van der Waals surface area contributed by atoms with E-state index < -0.39 is 18.2 Å². The molecule has 1 heterocycles. The molecule has 2 aliphatic rings. The van der Waals surface area contributed by atoms with Gasteiger partial charge in [0.15, 0.2) is 0 Å². The van der Waals surface area contributed by atoms with Crippen LogP contribution in [0.2, 0.25) is 10.0 Å². The van der Waals surface area contributed by atoms with Crippen molar-refractivity contribution in [3.8, 4) is 0 Å². The van der Waals surface area contributed by atoms with E-state index >= 15 is 0 Å². The number of nitrogens with zero attached hydrogens (tertiary/aromatic N) is 1. The minimum atomic E-state index is -0.899. The molecule has 2 fully saturated rings. The molecule has 1 amide bonds. The number of halogens is 2. The van der Waals surface area contributed by atoms with Crippen LogP contribution in [0.25, 0.3) is 0 Å². The molecule has 1 aliphatic carbocycles. The van der Waals surface area contributed by atoms with Crippen LogP contribution >= 0.6 is 23.2 Å². The highest BCUT2D eigenvalue weighted by Gasteiger charge is 2.46. The van der Waals surface area contributed by atoms with Gasteiger partial charge < -0.3 is 14.4 Å². The zero-order valence-electron chi connectivity index (χ0n) is 16.6. The second-order valence-corrected chi connectivity index (χ2v) is 8.68. The van der Waals surface area contributed by atoms with Crippen LogP contribution in [-0.4, -0.2) is 36.5 Å². The summed E-state index contributed by atoms with van der Waals surface area (Å²) in [7, 11) is 1.31. The number of carbonyl (C=O) groups is 2. The molecule has 30 heavy (non-hydrogen) atoms. The molecule has 0 spiro atoms. The van der Waals surface area contributed by atoms with Gasteiger partial charge in [-0.1, -0.05) is 47.5 Å². The van der Waals surface area contributed by atoms with E-state index in [0.29, 0.717) is 22.5 Å². The van der Waals surface area contributed by atoms with Crippen molar-refractivity contribution in [3.63, 3.8) is 0 Å². The Balaban J connectivity index is 1.77. The van der Waals surface area contributed by atoms with Gasteiger partial charge in [0, 0.05) is 16.6 Å². The van der Waals surface area contributed by atoms with Gasteiger partial charge >= 0.3 is 5.97 Å². The van der Waals surface area contributed by atoms with E-state index in [-0.39, 0.29) is 18.4 Å². The Bertz CT molecular complexity index is 929. The Labute approximate surface area is 185 Å². The van der Waals surface area contributed by atoms with Crippen LogP contribution < -0.4 is 0 Å². The maximum atomic E-state index is 13.4. The summed E-state index contributed by atoms with van der Waals surface area (Å²) in [5.41, 5.74) is 1.78. The summed E-state index contributed by atoms with van der Waals surface area (Å²) in [4.78, 5) is 27.2. The molecule has 0 N–H and O–H groups in total. The molecule has 2 aromatic rings. The fourth-order valence-electron chi connectivity index (χ4n) is 3.91. The molecule has 0 bridgehead atoms. The molecule has 1 aliphatic heterocycles. The van der Waals surface area contributed by atoms with E-state index in [1.165, 1.54) is 7.11 Å². The van der Waals surface area contributed by atoms with Gasteiger partial charge in [-0.25, -0.2) is 0 Å². The maximum Gasteiger partial charge on any atom is 0.308 e. The van der Waals surface area contributed by atoms with Gasteiger partial charge in [0.05, 0.1) is 19.6 Å². The molecular formula is C23H23Cl2NO4. The summed E-state index contributed by atoms with van der Waals surface area (Å²) in [6.45, 7) is 0.629. The second kappa shape index (κ2) is 8.96. The molecule has 158 valence electrons. The first-order valence-corrected chi connectivity index (χ1v) is 10.8. The van der Waals surface area contributed by atoms with Crippen LogP contribution in [-0.2, 0) is 19.1 Å². The average Bonchev–Trinajstić information content (AvgIpc) is 3.55. The average molecular weight is 448 g/mol. The van der Waals surface area contributed by atoms with E-state index in [1.54, 1.807) is 6.07 Å². The zero-order chi connectivity index (χ0) is 21.3. The fourth-order valence-corrected chi connectivity index (χ4v) is 4.23. The summed E-state index contributed by atoms with van der Waals surface area (Å²) in [5, 5.41) is 1.21. The third kappa shape index (κ3) is 4.64. The van der Waals surface area contributed by atoms with Gasteiger partial charge in [-0.15, -0.1) is 0 Å². The smallest absolute Gasteiger partial charge is 0.308 e. The van der Waals surface area contributed by atoms with Crippen LogP contribution in [0.5, 0.6) is 0 Å². The van der Waals surface area contributed by atoms with E-state index in [4.69, 9.17) is 32.7 Å². The SMILES string of the molecule is COC(=O)CC1OC(c2cccc(Cl)c2)C(c2ccc(Cl)cc2)N(CC2CC2)C1=O. The number of benzene rings is 2. The van der Waals surface area contributed by atoms with Gasteiger partial charge in [0.2, 0.25) is 0 Å². The summed E-state index contributed by atoms with van der Waals surface area (Å²) in [6.07, 6.45) is 0.698. The van der Waals surface area contributed by atoms with Crippen LogP contribution in [0.15, 0.2) is 48.5 Å². The van der Waals surface area contributed by atoms with E-state index in [0.717, 1.165) is 24.0 Å². The number of esters is 1. The minimum Gasteiger partial charge on any atom is -0.469 e. The maximum absolute atomic E-state index is 13.4. The van der Waals surface area contributed by atoms with Crippen molar-refractivity contribution < 1.29 is 19.1 Å². The topological polar surface area (TPSA) is 55.8 Å². The monoisotopic (exact) mass is 447 g/mol. The van der Waals surface area contributed by atoms with Crippen LogP contribution in [0.4, 0.5) is 0 Å². The van der Waals surface area contributed by atoms with Crippen molar-refractivity contribution in [1.82, 2.24) is 4.90 Å². The molecule has 1 saturated heterocycles. The molecule has 4 rings (SSSR count). The largest absolute Gasteiger partial charge is 0.469 e. The van der Waals surface area contributed by atoms with Gasteiger partial charge in [-0.3, -0.25) is 9.59 Å². The summed E-state index contributed by atoms with van der Waals surface area (Å²) in [5.74, 6) is -0.194. The van der Waals surface area contributed by atoms with Crippen LogP contribution in [0.1, 0.15) is 42.5 Å². The molecule has 1 saturated carbocycles. The van der Waals surface area contributed by atoms with Crippen molar-refractivity contribution in [2.45, 2.75) is 37.5 Å². The van der Waals surface area contributed by atoms with Crippen molar-refractivity contribution in [2.24, 2.45) is 5.92 Å². The summed E-state index contributed by atoms with van der Waals surface area (Å²) >= 11 is 12.4. The predicted molar refractivity (Wildman–Crippen MR) is 114 cm³/mol. The number of carbonyl (C=O) groups excluding carboxylic acids is 2. The normalized spacial score (nSPS) is 24.0. The lowest BCUT2D eigenvalue weighted by Crippen LogP contribution is -2.52. The highest BCUT2D eigenvalue weighted by atomic mass is 35.5. The van der Waals surface area contributed by atoms with Gasteiger partial charge in [-0.05, 0) is 54.2 Å². The standard InChI is InChI=1S/C23H23Cl2NO4/c1-29-20(27)12-19-23(28)26(13-14-5-6-14)21(15-7-9-17(24)10-8-15)22(30-19)16-3-2-4-18(25)11-16/h2-4,7-11,14,19,21-22H,5-6,12-13H2,1H3. The quantitative estimate of drug-likeness (QED) is 0.586. The van der Waals surface area contributed by atoms with Gasteiger partial charge in [-0.2, -0.15) is 0 Å². The number of hydrogen-bond acceptors (Lipinski definition) is 4. The highest BCUT2D eigenvalue weighted by Crippen LogP contribution is 2.45. The second-order valence-electron chi connectivity index (χ2n) is 7.81. The van der Waals surface area contributed by atoms with Gasteiger partial charge in [0.25, 0.3) is 5.91 Å². The van der Waals surface area contributed by atoms with Crippen molar-refractivity contribution >= 4 is 35.1 Å². The molecular weight excluding hydrogens is 425 g/mol. The highest BCUT2D eigenvalue weighted by molar-refractivity contribution is 6.30. The zero-order valence-corrected chi connectivity index (χ0v) is 18.1. The Morgan fingerprint density at radius 2 is 1.83 bits per heavy atom. The fraction of sp³-hybridized carbons (Fsp3) is 0.391. The summed E-state index contributed by atoms with van der Waals surface area (Å²) in [6, 6.07) is 14.5. The van der Waals surface area contributed by atoms with Gasteiger partial charge in [0.1, 0.15) is 12.2 Å². The number of hydrogen-bond donors (Lipinski definition) is 0. The Morgan fingerprint density at radius 1 is 1.10 bits per heavy atom. The summed E-state index contributed by atoms with van der Waals surface area (Å²) < 4.78 is 11.0. The lowest BCUT2D eigenvalue weighted by molar-refractivity contribution is -0.179. The first kappa shape index (κ1) is 21.2. The molecule has 3 unspecified atom stereocenters. The molecule has 0 aromatic heterocycles. The third-order valence-electron chi connectivity index (χ3n) is 5.61. The van der Waals surface area contributed by atoms with Crippen molar-refractivity contribution in [3.05, 3.63) is 69.7 Å². The van der Waals surface area contributed by atoms with Crippen molar-refractivity contribution in [2.75, 3.05) is 13.7 Å². The number of morpholine rings is 1. The molecule has 7 heteroatoms. The van der Waals surface area contributed by atoms with E-state index in [2.05, 4.69) is 0 Å².